The molecule has 5 aromatic carbocycles. The van der Waals surface area contributed by atoms with Gasteiger partial charge in [-0.1, -0.05) is 42.5 Å². The van der Waals surface area contributed by atoms with Crippen molar-refractivity contribution in [2.24, 2.45) is 15.7 Å². The Bertz CT molecular complexity index is 1790. The van der Waals surface area contributed by atoms with Crippen LogP contribution in [0.4, 0.5) is 0 Å². The zero-order valence-electron chi connectivity index (χ0n) is 30.6. The van der Waals surface area contributed by atoms with Crippen LogP contribution in [0.1, 0.15) is 68.7 Å². The largest absolute Gasteiger partial charge is 0.330 e. The normalized spacial score (nSPS) is 15.8. The zero-order chi connectivity index (χ0) is 36.6. The fourth-order valence-electron chi connectivity index (χ4n) is 7.23. The molecule has 6 nitrogen and oxygen atoms in total. The van der Waals surface area contributed by atoms with Crippen molar-refractivity contribution in [1.29, 1.82) is 0 Å². The van der Waals surface area contributed by atoms with Crippen molar-refractivity contribution < 1.29 is 4.74 Å². The Hall–Kier alpha value is -4.20. The van der Waals surface area contributed by atoms with E-state index in [1.165, 1.54) is 72.6 Å². The monoisotopic (exact) mass is 837 g/mol. The number of ether oxygens (including phenoxy) is 1. The topological polar surface area (TPSA) is 84.0 Å². The summed E-state index contributed by atoms with van der Waals surface area (Å²) in [5.74, 6) is 1.88. The first-order chi connectivity index (χ1) is 26.0. The van der Waals surface area contributed by atoms with E-state index in [0.717, 1.165) is 30.8 Å². The Morgan fingerprint density at radius 1 is 0.623 bits per heavy atom. The Morgan fingerprint density at radius 2 is 1.11 bits per heavy atom. The van der Waals surface area contributed by atoms with Crippen LogP contribution in [0.2, 0.25) is 0 Å². The molecule has 0 saturated carbocycles. The van der Waals surface area contributed by atoms with Gasteiger partial charge in [-0.3, -0.25) is 10.3 Å². The van der Waals surface area contributed by atoms with Gasteiger partial charge in [0, 0.05) is 6.54 Å². The molecule has 0 radical (unpaired) electrons. The fourth-order valence-corrected chi connectivity index (χ4v) is 16.0. The molecule has 6 rings (SSSR count). The molecule has 1 heterocycles. The van der Waals surface area contributed by atoms with Gasteiger partial charge in [0.15, 0.2) is 18.1 Å². The van der Waals surface area contributed by atoms with Gasteiger partial charge in [-0.15, -0.1) is 0 Å². The van der Waals surface area contributed by atoms with Gasteiger partial charge in [-0.2, -0.15) is 0 Å². The second-order valence-corrected chi connectivity index (χ2v) is 24.6. The molecule has 0 fully saturated rings. The molecule has 1 aliphatic heterocycles. The average Bonchev–Trinajstić information content (AvgIpc) is 3.21. The number of benzene rings is 5. The van der Waals surface area contributed by atoms with E-state index in [1.54, 1.807) is 0 Å². The summed E-state index contributed by atoms with van der Waals surface area (Å²) >= 11 is 2.92. The van der Waals surface area contributed by atoms with Crippen molar-refractivity contribution in [3.05, 3.63) is 157 Å². The summed E-state index contributed by atoms with van der Waals surface area (Å²) in [6.45, 7) is 1.39. The van der Waals surface area contributed by atoms with E-state index >= 15 is 0 Å². The summed E-state index contributed by atoms with van der Waals surface area (Å²) in [6.07, 6.45) is 11.6. The van der Waals surface area contributed by atoms with Gasteiger partial charge >= 0.3 is 208 Å². The number of unbranched alkanes of at least 4 members (excludes halogenated alkanes) is 7. The summed E-state index contributed by atoms with van der Waals surface area (Å²) in [4.78, 5) is 9.19. The molecule has 1 unspecified atom stereocenters. The molecule has 1 aliphatic rings. The van der Waals surface area contributed by atoms with E-state index in [4.69, 9.17) is 10.5 Å². The van der Waals surface area contributed by atoms with Crippen molar-refractivity contribution in [1.82, 2.24) is 10.6 Å². The Balaban J connectivity index is 0.899. The molecule has 53 heavy (non-hydrogen) atoms. The Morgan fingerprint density at radius 3 is 1.66 bits per heavy atom. The molecule has 0 aliphatic carbocycles. The molecule has 0 amide bonds. The maximum Gasteiger partial charge on any atom is 0.200 e. The van der Waals surface area contributed by atoms with Crippen LogP contribution in [0.3, 0.4) is 0 Å². The Labute approximate surface area is 329 Å². The van der Waals surface area contributed by atoms with Crippen LogP contribution in [0, 0.1) is 0 Å². The minimum atomic E-state index is -2.66. The molecule has 1 atom stereocenters. The first-order valence-corrected chi connectivity index (χ1v) is 24.3. The van der Waals surface area contributed by atoms with Crippen LogP contribution in [0.25, 0.3) is 0 Å². The predicted octanol–water partition coefficient (Wildman–Crippen LogP) is 9.17. The van der Waals surface area contributed by atoms with Crippen molar-refractivity contribution in [2.45, 2.75) is 64.0 Å². The van der Waals surface area contributed by atoms with Crippen molar-refractivity contribution in [3.63, 3.8) is 0 Å². The van der Waals surface area contributed by atoms with Gasteiger partial charge < -0.3 is 11.1 Å². The predicted molar refractivity (Wildman–Crippen MR) is 236 cm³/mol. The van der Waals surface area contributed by atoms with Crippen molar-refractivity contribution in [2.75, 3.05) is 19.3 Å². The van der Waals surface area contributed by atoms with E-state index in [9.17, 15) is 0 Å². The standard InChI is InChI=1S/C45H53IN5OP/c46-53(40-23-13-8-14-24-40,41-25-15-9-16-26-41,42-27-17-10-18-28-42)36-20-6-4-2-1-3-5-19-35-52-39-31-29-38(30-32-39)43-49-44(47)51-45(50-43)48-34-33-37-21-11-7-12-22-37/h7-18,21-32,43H,1-6,19-20,33-36H2,(H4,47,48,49,50,51). The second kappa shape index (κ2) is 19.2. The molecule has 8 heteroatoms. The summed E-state index contributed by atoms with van der Waals surface area (Å²) in [7, 11) is 0. The maximum absolute atomic E-state index is 6.09. The van der Waals surface area contributed by atoms with Gasteiger partial charge in [0.25, 0.3) is 0 Å². The third-order valence-corrected chi connectivity index (χ3v) is 21.9. The first kappa shape index (κ1) is 38.5. The van der Waals surface area contributed by atoms with Gasteiger partial charge in [-0.25, -0.2) is 4.99 Å². The molecule has 0 aromatic heterocycles. The minimum absolute atomic E-state index is 0.287. The zero-order valence-corrected chi connectivity index (χ0v) is 33.7. The number of guanidine groups is 2. The van der Waals surface area contributed by atoms with Crippen LogP contribution in [-0.2, 0) is 6.42 Å². The van der Waals surface area contributed by atoms with E-state index in [1.807, 2.05) is 42.5 Å². The molecule has 0 saturated heterocycles. The van der Waals surface area contributed by atoms with Crippen LogP contribution < -0.4 is 37.0 Å². The molecular formula is C45H53IN5OP. The van der Waals surface area contributed by atoms with Gasteiger partial charge in [0.05, 0.1) is 0 Å². The van der Waals surface area contributed by atoms with E-state index in [0.29, 0.717) is 18.5 Å². The van der Waals surface area contributed by atoms with Gasteiger partial charge in [0.2, 0.25) is 0 Å². The van der Waals surface area contributed by atoms with Crippen LogP contribution >= 0.6 is 26.3 Å². The molecule has 4 N–H and O–H groups in total. The Kier molecular flexibility index (Phi) is 14.0. The number of nitrogens with one attached hydrogen (secondary N) is 2. The SMILES string of the molecule is NC1=NC(c2ccc(OCCCCCCCCCCP(I)(c3ccccc3)(c3ccccc3)c3ccccc3)cc2)NC(=NCCc2ccccc2)N1. The first-order valence-electron chi connectivity index (χ1n) is 19.1. The molecule has 276 valence electrons. The number of nitrogens with two attached hydrogens (primary N) is 1. The number of nitrogens with zero attached hydrogens (tertiary/aromatic N) is 2. The van der Waals surface area contributed by atoms with E-state index in [2.05, 4.69) is 146 Å². The van der Waals surface area contributed by atoms with Crippen molar-refractivity contribution >= 4 is 54.1 Å². The van der Waals surface area contributed by atoms with Gasteiger partial charge in [0.1, 0.15) is 0 Å². The van der Waals surface area contributed by atoms with Crippen LogP contribution in [-0.4, -0.2) is 31.2 Å². The van der Waals surface area contributed by atoms with Crippen LogP contribution in [0.15, 0.2) is 156 Å². The third-order valence-electron chi connectivity index (χ3n) is 10.1. The number of aliphatic imine (C=N–C) groups is 2. The average molecular weight is 838 g/mol. The van der Waals surface area contributed by atoms with Crippen molar-refractivity contribution in [3.8, 4) is 5.75 Å². The number of hydrogen-bond donors (Lipinski definition) is 3. The molecule has 0 bridgehead atoms. The van der Waals surface area contributed by atoms with E-state index in [-0.39, 0.29) is 6.17 Å². The summed E-state index contributed by atoms with van der Waals surface area (Å²) in [6, 6.07) is 52.3. The van der Waals surface area contributed by atoms with Crippen LogP contribution in [0.5, 0.6) is 5.75 Å². The molecule has 5 aromatic rings. The molecule has 0 spiro atoms. The minimum Gasteiger partial charge on any atom is -0.330 e. The van der Waals surface area contributed by atoms with Gasteiger partial charge in [-0.05, 0) is 29.7 Å². The number of halogens is 1. The summed E-state index contributed by atoms with van der Waals surface area (Å²) in [5, 5.41) is 10.8. The maximum atomic E-state index is 6.09. The number of hydrogen-bond acceptors (Lipinski definition) is 4. The second-order valence-electron chi connectivity index (χ2n) is 13.8. The quantitative estimate of drug-likeness (QED) is 0.0441. The third kappa shape index (κ3) is 10.1. The van der Waals surface area contributed by atoms with E-state index < -0.39 is 4.25 Å². The summed E-state index contributed by atoms with van der Waals surface area (Å²) < 4.78 is 3.43. The summed E-state index contributed by atoms with van der Waals surface area (Å²) in [5.41, 5.74) is 8.36. The molecular weight excluding hydrogens is 784 g/mol. The smallest absolute Gasteiger partial charge is 0.200 e. The fraction of sp³-hybridized carbons (Fsp3) is 0.289. The number of rotatable bonds is 19.